The van der Waals surface area contributed by atoms with E-state index in [1.807, 2.05) is 24.3 Å². The highest BCUT2D eigenvalue weighted by Gasteiger charge is 2.15. The molecule has 0 heterocycles. The first kappa shape index (κ1) is 26.2. The van der Waals surface area contributed by atoms with Crippen LogP contribution in [0.5, 0.6) is 0 Å². The van der Waals surface area contributed by atoms with E-state index < -0.39 is 0 Å². The molecule has 1 aromatic rings. The van der Waals surface area contributed by atoms with Gasteiger partial charge >= 0.3 is 5.97 Å². The van der Waals surface area contributed by atoms with Gasteiger partial charge in [0.05, 0.1) is 6.61 Å². The van der Waals surface area contributed by atoms with E-state index in [2.05, 4.69) is 13.8 Å². The molecule has 4 nitrogen and oxygen atoms in total. The van der Waals surface area contributed by atoms with Gasteiger partial charge < -0.3 is 9.64 Å². The van der Waals surface area contributed by atoms with Crippen LogP contribution < -0.4 is 0 Å². The van der Waals surface area contributed by atoms with Crippen molar-refractivity contribution in [2.45, 2.75) is 97.3 Å². The Bertz CT molecular complexity index is 582. The van der Waals surface area contributed by atoms with Gasteiger partial charge in [0.2, 0.25) is 0 Å². The second kappa shape index (κ2) is 16.9. The summed E-state index contributed by atoms with van der Waals surface area (Å²) in [6.45, 7) is 4.86. The average Bonchev–Trinajstić information content (AvgIpc) is 2.75. The molecule has 170 valence electrons. The molecule has 0 unspecified atom stereocenters. The first-order chi connectivity index (χ1) is 14.6. The minimum Gasteiger partial charge on any atom is -0.464 e. The van der Waals surface area contributed by atoms with Crippen LogP contribution >= 0.6 is 0 Å². The first-order valence-corrected chi connectivity index (χ1v) is 12.1. The number of hydrogen-bond donors (Lipinski definition) is 0. The molecule has 0 N–H and O–H groups in total. The molecule has 0 aliphatic carbocycles. The second-order valence-corrected chi connectivity index (χ2v) is 8.36. The maximum absolute atomic E-state index is 12.5. The van der Waals surface area contributed by atoms with Crippen molar-refractivity contribution in [3.05, 3.63) is 35.4 Å². The molecule has 0 aliphatic heterocycles. The molecular weight excluding hydrogens is 374 g/mol. The number of nitrogens with zero attached hydrogens (tertiary/aromatic N) is 1. The third kappa shape index (κ3) is 12.0. The predicted molar refractivity (Wildman–Crippen MR) is 125 cm³/mol. The third-order valence-corrected chi connectivity index (χ3v) is 5.49. The zero-order valence-corrected chi connectivity index (χ0v) is 19.6. The van der Waals surface area contributed by atoms with E-state index in [0.717, 1.165) is 32.1 Å². The summed E-state index contributed by atoms with van der Waals surface area (Å²) in [6.07, 6.45) is 15.9. The van der Waals surface area contributed by atoms with Crippen molar-refractivity contribution in [2.24, 2.45) is 0 Å². The van der Waals surface area contributed by atoms with Gasteiger partial charge in [-0.1, -0.05) is 90.2 Å². The third-order valence-electron chi connectivity index (χ3n) is 5.49. The lowest BCUT2D eigenvalue weighted by molar-refractivity contribution is -0.144. The molecule has 0 atom stereocenters. The number of likely N-dealkylation sites (N-methyl/N-ethyl adjacent to an activating group) is 1. The zero-order valence-electron chi connectivity index (χ0n) is 19.6. The largest absolute Gasteiger partial charge is 0.464 e. The van der Waals surface area contributed by atoms with Crippen molar-refractivity contribution in [1.82, 2.24) is 4.90 Å². The summed E-state index contributed by atoms with van der Waals surface area (Å²) >= 11 is 0. The lowest BCUT2D eigenvalue weighted by Crippen LogP contribution is -2.33. The van der Waals surface area contributed by atoms with Gasteiger partial charge in [0.1, 0.15) is 6.54 Å². The van der Waals surface area contributed by atoms with E-state index >= 15 is 0 Å². The average molecular weight is 418 g/mol. The van der Waals surface area contributed by atoms with E-state index in [4.69, 9.17) is 4.74 Å². The van der Waals surface area contributed by atoms with Crippen molar-refractivity contribution in [2.75, 3.05) is 20.2 Å². The van der Waals surface area contributed by atoms with E-state index in [1.54, 1.807) is 7.05 Å². The highest BCUT2D eigenvalue weighted by atomic mass is 16.5. The minimum atomic E-state index is -0.332. The minimum absolute atomic E-state index is 0.00577. The Labute approximate surface area is 184 Å². The molecule has 1 amide bonds. The van der Waals surface area contributed by atoms with Crippen LogP contribution in [0.4, 0.5) is 0 Å². The number of aryl methyl sites for hydroxylation is 1. The summed E-state index contributed by atoms with van der Waals surface area (Å²) in [5, 5.41) is 0. The van der Waals surface area contributed by atoms with Gasteiger partial charge in [0, 0.05) is 12.6 Å². The van der Waals surface area contributed by atoms with Crippen LogP contribution in [0, 0.1) is 0 Å². The van der Waals surface area contributed by atoms with E-state index in [0.29, 0.717) is 12.2 Å². The molecular formula is C26H43NO3. The molecule has 1 rings (SSSR count). The van der Waals surface area contributed by atoms with Gasteiger partial charge in [-0.3, -0.25) is 9.59 Å². The highest BCUT2D eigenvalue weighted by molar-refractivity contribution is 5.95. The quantitative estimate of drug-likeness (QED) is 0.213. The summed E-state index contributed by atoms with van der Waals surface area (Å²) in [7, 11) is 1.65. The summed E-state index contributed by atoms with van der Waals surface area (Å²) < 4.78 is 5.30. The number of carbonyl (C=O) groups is 2. The fourth-order valence-corrected chi connectivity index (χ4v) is 3.50. The number of amides is 1. The fraction of sp³-hybridized carbons (Fsp3) is 0.692. The SMILES string of the molecule is CCCCCCCCCCCCOC(=O)CN(C)C(=O)c1ccc(CCCC)cc1. The standard InChI is InChI=1S/C26H43NO3/c1-4-6-8-9-10-11-12-13-14-15-21-30-25(28)22-27(3)26(29)24-19-17-23(18-20-24)16-7-5-2/h17-20H,4-16,21-22H2,1-3H3. The topological polar surface area (TPSA) is 46.6 Å². The molecule has 0 bridgehead atoms. The monoisotopic (exact) mass is 417 g/mol. The summed E-state index contributed by atoms with van der Waals surface area (Å²) in [6, 6.07) is 7.69. The lowest BCUT2D eigenvalue weighted by Gasteiger charge is -2.16. The number of esters is 1. The molecule has 0 fully saturated rings. The number of ether oxygens (including phenoxy) is 1. The molecule has 0 spiro atoms. The number of rotatable bonds is 17. The Morgan fingerprint density at radius 1 is 0.767 bits per heavy atom. The molecule has 0 radical (unpaired) electrons. The number of hydrogen-bond acceptors (Lipinski definition) is 3. The smallest absolute Gasteiger partial charge is 0.325 e. The predicted octanol–water partition coefficient (Wildman–Crippen LogP) is 6.57. The maximum Gasteiger partial charge on any atom is 0.325 e. The van der Waals surface area contributed by atoms with Crippen molar-refractivity contribution < 1.29 is 14.3 Å². The normalized spacial score (nSPS) is 10.8. The fourth-order valence-electron chi connectivity index (χ4n) is 3.50. The maximum atomic E-state index is 12.5. The molecule has 0 saturated heterocycles. The van der Waals surface area contributed by atoms with Gasteiger partial charge in [-0.05, 0) is 37.0 Å². The molecule has 0 aliphatic rings. The van der Waals surface area contributed by atoms with Crippen LogP contribution in [-0.2, 0) is 16.0 Å². The van der Waals surface area contributed by atoms with Gasteiger partial charge in [0.25, 0.3) is 5.91 Å². The number of benzene rings is 1. The summed E-state index contributed by atoms with van der Waals surface area (Å²) in [4.78, 5) is 25.9. The summed E-state index contributed by atoms with van der Waals surface area (Å²) in [5.41, 5.74) is 1.85. The van der Waals surface area contributed by atoms with Crippen molar-refractivity contribution in [1.29, 1.82) is 0 Å². The van der Waals surface area contributed by atoms with Crippen LogP contribution in [-0.4, -0.2) is 37.0 Å². The van der Waals surface area contributed by atoms with E-state index in [1.165, 1.54) is 61.8 Å². The van der Waals surface area contributed by atoms with Gasteiger partial charge in [0.15, 0.2) is 0 Å². The van der Waals surface area contributed by atoms with Gasteiger partial charge in [-0.15, -0.1) is 0 Å². The molecule has 4 heteroatoms. The second-order valence-electron chi connectivity index (χ2n) is 8.36. The van der Waals surface area contributed by atoms with Gasteiger partial charge in [-0.2, -0.15) is 0 Å². The van der Waals surface area contributed by atoms with E-state index in [9.17, 15) is 9.59 Å². The van der Waals surface area contributed by atoms with Crippen molar-refractivity contribution in [3.8, 4) is 0 Å². The van der Waals surface area contributed by atoms with Crippen LogP contribution in [0.15, 0.2) is 24.3 Å². The Hall–Kier alpha value is -1.84. The number of carbonyl (C=O) groups excluding carboxylic acids is 2. The van der Waals surface area contributed by atoms with Crippen LogP contribution in [0.2, 0.25) is 0 Å². The van der Waals surface area contributed by atoms with Crippen LogP contribution in [0.3, 0.4) is 0 Å². The Kier molecular flexibility index (Phi) is 14.8. The zero-order chi connectivity index (χ0) is 22.0. The van der Waals surface area contributed by atoms with E-state index in [-0.39, 0.29) is 18.4 Å². The van der Waals surface area contributed by atoms with Crippen LogP contribution in [0.1, 0.15) is 107 Å². The Morgan fingerprint density at radius 2 is 1.30 bits per heavy atom. The Morgan fingerprint density at radius 3 is 1.87 bits per heavy atom. The molecule has 30 heavy (non-hydrogen) atoms. The summed E-state index contributed by atoms with van der Waals surface area (Å²) in [5.74, 6) is -0.478. The van der Waals surface area contributed by atoms with Gasteiger partial charge in [-0.25, -0.2) is 0 Å². The molecule has 1 aromatic carbocycles. The highest BCUT2D eigenvalue weighted by Crippen LogP contribution is 2.11. The number of unbranched alkanes of at least 4 members (excludes halogenated alkanes) is 10. The Balaban J connectivity index is 2.12. The molecule has 0 saturated carbocycles. The first-order valence-electron chi connectivity index (χ1n) is 12.1. The van der Waals surface area contributed by atoms with Crippen LogP contribution in [0.25, 0.3) is 0 Å². The van der Waals surface area contributed by atoms with Crippen molar-refractivity contribution >= 4 is 11.9 Å². The molecule has 0 aromatic heterocycles. The lowest BCUT2D eigenvalue weighted by atomic mass is 10.1. The van der Waals surface area contributed by atoms with Crippen molar-refractivity contribution in [3.63, 3.8) is 0 Å².